The Morgan fingerprint density at radius 2 is 1.97 bits per heavy atom. The number of phenolic OH excluding ortho intramolecular Hbond substituents is 1. The summed E-state index contributed by atoms with van der Waals surface area (Å²) in [4.78, 5) is 19.1. The van der Waals surface area contributed by atoms with Crippen molar-refractivity contribution >= 4 is 5.91 Å². The Morgan fingerprint density at radius 1 is 1.20 bits per heavy atom. The highest BCUT2D eigenvalue weighted by molar-refractivity contribution is 5.82. The molecule has 2 aromatic carbocycles. The number of nitrogens with one attached hydrogen (secondary N) is 2. The van der Waals surface area contributed by atoms with Crippen molar-refractivity contribution in [1.82, 2.24) is 25.9 Å². The molecule has 0 saturated carbocycles. The third kappa shape index (κ3) is 4.24. The molecule has 1 aromatic heterocycles. The van der Waals surface area contributed by atoms with E-state index in [1.165, 1.54) is 0 Å². The van der Waals surface area contributed by atoms with Gasteiger partial charge in [0, 0.05) is 17.7 Å². The highest BCUT2D eigenvalue weighted by Gasteiger charge is 2.34. The van der Waals surface area contributed by atoms with Gasteiger partial charge in [-0.05, 0) is 12.5 Å². The van der Waals surface area contributed by atoms with Gasteiger partial charge in [-0.1, -0.05) is 59.8 Å². The van der Waals surface area contributed by atoms with E-state index in [2.05, 4.69) is 27.6 Å². The van der Waals surface area contributed by atoms with E-state index < -0.39 is 6.04 Å². The first-order valence-electron chi connectivity index (χ1n) is 9.72. The minimum absolute atomic E-state index is 0.111. The molecule has 0 radical (unpaired) electrons. The standard InChI is InChI=1S/C22H23N5O3/c1-2-12-27(14-20-23-21(26-30-20)15-8-4-3-5-9-15)22(29)18-13-17(24-25-18)16-10-6-7-11-19(16)28/h2-11,17-18,24-25,28H,1,12-14H2. The maximum atomic E-state index is 13.1. The highest BCUT2D eigenvalue weighted by Crippen LogP contribution is 2.29. The zero-order chi connectivity index (χ0) is 20.9. The summed E-state index contributed by atoms with van der Waals surface area (Å²) in [6, 6.07) is 16.0. The fourth-order valence-electron chi connectivity index (χ4n) is 3.50. The van der Waals surface area contributed by atoms with E-state index in [4.69, 9.17) is 4.52 Å². The normalized spacial score (nSPS) is 18.3. The van der Waals surface area contributed by atoms with Gasteiger partial charge >= 0.3 is 0 Å². The monoisotopic (exact) mass is 405 g/mol. The summed E-state index contributed by atoms with van der Waals surface area (Å²) in [5, 5.41) is 14.1. The summed E-state index contributed by atoms with van der Waals surface area (Å²) in [5.41, 5.74) is 7.73. The molecule has 0 bridgehead atoms. The van der Waals surface area contributed by atoms with Gasteiger partial charge in [0.05, 0.1) is 6.04 Å². The highest BCUT2D eigenvalue weighted by atomic mass is 16.5. The number of phenols is 1. The lowest BCUT2D eigenvalue weighted by Crippen LogP contribution is -2.45. The first-order chi connectivity index (χ1) is 14.7. The van der Waals surface area contributed by atoms with Crippen molar-refractivity contribution in [3.63, 3.8) is 0 Å². The van der Waals surface area contributed by atoms with E-state index in [1.54, 1.807) is 23.1 Å². The van der Waals surface area contributed by atoms with Crippen molar-refractivity contribution in [1.29, 1.82) is 0 Å². The van der Waals surface area contributed by atoms with Crippen LogP contribution in [0.25, 0.3) is 11.4 Å². The summed E-state index contributed by atoms with van der Waals surface area (Å²) in [6.45, 7) is 4.28. The third-order valence-corrected chi connectivity index (χ3v) is 5.00. The molecule has 3 N–H and O–H groups in total. The molecule has 4 rings (SSSR count). The van der Waals surface area contributed by atoms with Gasteiger partial charge in [0.1, 0.15) is 18.3 Å². The van der Waals surface area contributed by atoms with Crippen LogP contribution < -0.4 is 10.9 Å². The lowest BCUT2D eigenvalue weighted by Gasteiger charge is -2.22. The van der Waals surface area contributed by atoms with Crippen LogP contribution in [-0.2, 0) is 11.3 Å². The molecule has 0 aliphatic carbocycles. The number of aromatic nitrogens is 2. The lowest BCUT2D eigenvalue weighted by atomic mass is 10.0. The quantitative estimate of drug-likeness (QED) is 0.519. The van der Waals surface area contributed by atoms with Crippen LogP contribution in [-0.4, -0.2) is 38.6 Å². The Hall–Kier alpha value is -3.49. The molecule has 0 spiro atoms. The van der Waals surface area contributed by atoms with Crippen LogP contribution >= 0.6 is 0 Å². The number of hydrazine groups is 1. The van der Waals surface area contributed by atoms with Crippen molar-refractivity contribution in [3.8, 4) is 17.1 Å². The second kappa shape index (κ2) is 8.89. The van der Waals surface area contributed by atoms with E-state index in [0.29, 0.717) is 24.7 Å². The fourth-order valence-corrected chi connectivity index (χ4v) is 3.50. The predicted octanol–water partition coefficient (Wildman–Crippen LogP) is 2.56. The molecular weight excluding hydrogens is 382 g/mol. The number of carbonyl (C=O) groups excluding carboxylic acids is 1. The van der Waals surface area contributed by atoms with Gasteiger partial charge in [0.25, 0.3) is 0 Å². The molecule has 30 heavy (non-hydrogen) atoms. The first-order valence-corrected chi connectivity index (χ1v) is 9.72. The van der Waals surface area contributed by atoms with E-state index in [0.717, 1.165) is 11.1 Å². The molecule has 154 valence electrons. The molecule has 2 unspecified atom stereocenters. The van der Waals surface area contributed by atoms with Crippen LogP contribution in [0.1, 0.15) is 23.9 Å². The van der Waals surface area contributed by atoms with Gasteiger partial charge in [-0.25, -0.2) is 10.9 Å². The maximum Gasteiger partial charge on any atom is 0.246 e. The van der Waals surface area contributed by atoms with Crippen molar-refractivity contribution < 1.29 is 14.4 Å². The minimum atomic E-state index is -0.453. The Morgan fingerprint density at radius 3 is 2.73 bits per heavy atom. The summed E-state index contributed by atoms with van der Waals surface area (Å²) in [7, 11) is 0. The fraction of sp³-hybridized carbons (Fsp3) is 0.227. The number of hydrogen-bond acceptors (Lipinski definition) is 7. The lowest BCUT2D eigenvalue weighted by molar-refractivity contribution is -0.133. The Balaban J connectivity index is 1.44. The van der Waals surface area contributed by atoms with Gasteiger partial charge in [-0.3, -0.25) is 4.79 Å². The molecule has 2 atom stereocenters. The Bertz CT molecular complexity index is 1020. The zero-order valence-corrected chi connectivity index (χ0v) is 16.4. The van der Waals surface area contributed by atoms with Crippen LogP contribution in [0.4, 0.5) is 0 Å². The third-order valence-electron chi connectivity index (χ3n) is 5.00. The molecule has 3 aromatic rings. The molecule has 2 heterocycles. The Labute approximate surface area is 174 Å². The molecule has 8 heteroatoms. The van der Waals surface area contributed by atoms with E-state index in [-0.39, 0.29) is 24.2 Å². The molecule has 1 fully saturated rings. The second-order valence-corrected chi connectivity index (χ2v) is 7.07. The smallest absolute Gasteiger partial charge is 0.246 e. The number of nitrogens with zero attached hydrogens (tertiary/aromatic N) is 3. The summed E-state index contributed by atoms with van der Waals surface area (Å²) in [6.07, 6.45) is 2.17. The van der Waals surface area contributed by atoms with Crippen molar-refractivity contribution in [2.24, 2.45) is 0 Å². The van der Waals surface area contributed by atoms with E-state index in [1.807, 2.05) is 42.5 Å². The first kappa shape index (κ1) is 19.8. The predicted molar refractivity (Wildman–Crippen MR) is 111 cm³/mol. The summed E-state index contributed by atoms with van der Waals surface area (Å²) in [5.74, 6) is 0.927. The second-order valence-electron chi connectivity index (χ2n) is 7.07. The zero-order valence-electron chi connectivity index (χ0n) is 16.4. The maximum absolute atomic E-state index is 13.1. The van der Waals surface area contributed by atoms with Gasteiger partial charge in [0.15, 0.2) is 0 Å². The van der Waals surface area contributed by atoms with Crippen molar-refractivity contribution in [2.45, 2.75) is 25.0 Å². The van der Waals surface area contributed by atoms with E-state index >= 15 is 0 Å². The molecular formula is C22H23N5O3. The minimum Gasteiger partial charge on any atom is -0.508 e. The van der Waals surface area contributed by atoms with E-state index in [9.17, 15) is 9.90 Å². The van der Waals surface area contributed by atoms with Crippen molar-refractivity contribution in [3.05, 3.63) is 78.7 Å². The summed E-state index contributed by atoms with van der Waals surface area (Å²) < 4.78 is 5.36. The van der Waals surface area contributed by atoms with Crippen LogP contribution in [0, 0.1) is 0 Å². The number of benzene rings is 2. The number of carbonyl (C=O) groups is 1. The molecule has 8 nitrogen and oxygen atoms in total. The average molecular weight is 405 g/mol. The largest absolute Gasteiger partial charge is 0.508 e. The number of aromatic hydroxyl groups is 1. The topological polar surface area (TPSA) is 104 Å². The number of rotatable bonds is 7. The molecule has 1 saturated heterocycles. The van der Waals surface area contributed by atoms with Crippen LogP contribution in [0.5, 0.6) is 5.75 Å². The average Bonchev–Trinajstić information content (AvgIpc) is 3.44. The SMILES string of the molecule is C=CCN(Cc1nc(-c2ccccc2)no1)C(=O)C1CC(c2ccccc2O)NN1. The van der Waals surface area contributed by atoms with Gasteiger partial charge in [-0.2, -0.15) is 4.98 Å². The van der Waals surface area contributed by atoms with Crippen LogP contribution in [0.15, 0.2) is 71.8 Å². The summed E-state index contributed by atoms with van der Waals surface area (Å²) >= 11 is 0. The molecule has 1 aliphatic rings. The van der Waals surface area contributed by atoms with Crippen molar-refractivity contribution in [2.75, 3.05) is 6.54 Å². The van der Waals surface area contributed by atoms with Gasteiger partial charge in [0.2, 0.25) is 17.6 Å². The number of hydrogen-bond donors (Lipinski definition) is 3. The number of para-hydroxylation sites is 1. The number of amides is 1. The van der Waals surface area contributed by atoms with Gasteiger partial charge < -0.3 is 14.5 Å². The Kier molecular flexibility index (Phi) is 5.87. The van der Waals surface area contributed by atoms with Crippen LogP contribution in [0.2, 0.25) is 0 Å². The van der Waals surface area contributed by atoms with Gasteiger partial charge in [-0.15, -0.1) is 6.58 Å². The molecule has 1 amide bonds. The van der Waals surface area contributed by atoms with Crippen LogP contribution in [0.3, 0.4) is 0 Å². The molecule has 1 aliphatic heterocycles.